The first-order valence-electron chi connectivity index (χ1n) is 6.71. The second-order valence-electron chi connectivity index (χ2n) is 4.97. The van der Waals surface area contributed by atoms with Crippen molar-refractivity contribution >= 4 is 22.9 Å². The smallest absolute Gasteiger partial charge is 0.303 e. The zero-order valence-electron chi connectivity index (χ0n) is 12.3. The molecule has 2 aromatic rings. The van der Waals surface area contributed by atoms with E-state index in [-0.39, 0.29) is 12.3 Å². The molecule has 0 aliphatic rings. The molecule has 2 N–H and O–H groups in total. The number of carboxylic acids is 1. The first-order chi connectivity index (χ1) is 9.90. The molecule has 21 heavy (non-hydrogen) atoms. The van der Waals surface area contributed by atoms with Crippen LogP contribution in [0.1, 0.15) is 34.6 Å². The molecule has 0 bridgehead atoms. The number of fused-ring (bicyclic) bond motifs is 1. The highest BCUT2D eigenvalue weighted by atomic mass is 16.4. The molecule has 1 amide bonds. The summed E-state index contributed by atoms with van der Waals surface area (Å²) in [5.41, 5.74) is 2.68. The second-order valence-corrected chi connectivity index (χ2v) is 4.97. The van der Waals surface area contributed by atoms with Crippen molar-refractivity contribution in [2.24, 2.45) is 7.05 Å². The van der Waals surface area contributed by atoms with E-state index in [1.165, 1.54) is 0 Å². The summed E-state index contributed by atoms with van der Waals surface area (Å²) in [6.07, 6.45) is 0.442. The summed E-state index contributed by atoms with van der Waals surface area (Å²) in [6, 6.07) is 1.73. The standard InChI is InChI=1S/C14H18N4O3/c1-8-7-10(14(21)15-6-4-5-11(19)20)12-9(2)17-18(3)13(12)16-8/h7H,4-6H2,1-3H3,(H,15,21)(H,19,20). The molecule has 0 aromatic carbocycles. The van der Waals surface area contributed by atoms with E-state index in [1.54, 1.807) is 17.8 Å². The highest BCUT2D eigenvalue weighted by molar-refractivity contribution is 6.06. The minimum absolute atomic E-state index is 0.0387. The number of aryl methyl sites for hydroxylation is 3. The van der Waals surface area contributed by atoms with E-state index in [0.717, 1.165) is 16.8 Å². The number of pyridine rings is 1. The minimum atomic E-state index is -0.866. The van der Waals surface area contributed by atoms with E-state index in [0.29, 0.717) is 24.2 Å². The van der Waals surface area contributed by atoms with E-state index in [2.05, 4.69) is 15.4 Å². The van der Waals surface area contributed by atoms with Gasteiger partial charge in [-0.15, -0.1) is 0 Å². The summed E-state index contributed by atoms with van der Waals surface area (Å²) in [6.45, 7) is 3.98. The molecule has 112 valence electrons. The molecule has 0 aliphatic carbocycles. The van der Waals surface area contributed by atoms with Gasteiger partial charge in [0.05, 0.1) is 16.6 Å². The zero-order valence-corrected chi connectivity index (χ0v) is 12.3. The van der Waals surface area contributed by atoms with Crippen LogP contribution in [0.3, 0.4) is 0 Å². The minimum Gasteiger partial charge on any atom is -0.481 e. The molecule has 0 aliphatic heterocycles. The van der Waals surface area contributed by atoms with Crippen LogP contribution >= 0.6 is 0 Å². The maximum absolute atomic E-state index is 12.3. The number of hydrogen-bond donors (Lipinski definition) is 2. The maximum Gasteiger partial charge on any atom is 0.303 e. The SMILES string of the molecule is Cc1cc(C(=O)NCCCC(=O)O)c2c(C)nn(C)c2n1. The van der Waals surface area contributed by atoms with E-state index >= 15 is 0 Å². The number of carbonyl (C=O) groups is 2. The topological polar surface area (TPSA) is 97.1 Å². The Hall–Kier alpha value is -2.44. The number of nitrogens with one attached hydrogen (secondary N) is 1. The predicted molar refractivity (Wildman–Crippen MR) is 77.2 cm³/mol. The highest BCUT2D eigenvalue weighted by Crippen LogP contribution is 2.21. The van der Waals surface area contributed by atoms with Gasteiger partial charge in [0.1, 0.15) is 0 Å². The fourth-order valence-electron chi connectivity index (χ4n) is 2.29. The van der Waals surface area contributed by atoms with Crippen LogP contribution in [-0.4, -0.2) is 38.3 Å². The van der Waals surface area contributed by atoms with E-state index in [1.807, 2.05) is 13.8 Å². The Morgan fingerprint density at radius 1 is 1.38 bits per heavy atom. The number of carboxylic acid groups (broad SMARTS) is 1. The summed E-state index contributed by atoms with van der Waals surface area (Å²) < 4.78 is 1.65. The quantitative estimate of drug-likeness (QED) is 0.806. The van der Waals surface area contributed by atoms with Crippen molar-refractivity contribution in [1.82, 2.24) is 20.1 Å². The molecular formula is C14H18N4O3. The van der Waals surface area contributed by atoms with Crippen LogP contribution in [0.2, 0.25) is 0 Å². The Morgan fingerprint density at radius 2 is 2.10 bits per heavy atom. The Balaban J connectivity index is 2.24. The van der Waals surface area contributed by atoms with Gasteiger partial charge in [-0.3, -0.25) is 14.3 Å². The van der Waals surface area contributed by atoms with Gasteiger partial charge in [-0.2, -0.15) is 5.10 Å². The van der Waals surface area contributed by atoms with Crippen molar-refractivity contribution in [2.45, 2.75) is 26.7 Å². The molecule has 2 aromatic heterocycles. The van der Waals surface area contributed by atoms with E-state index < -0.39 is 5.97 Å². The molecule has 0 radical (unpaired) electrons. The monoisotopic (exact) mass is 290 g/mol. The molecule has 7 heteroatoms. The van der Waals surface area contributed by atoms with Crippen LogP contribution in [0.15, 0.2) is 6.07 Å². The Morgan fingerprint density at radius 3 is 2.76 bits per heavy atom. The van der Waals surface area contributed by atoms with Gasteiger partial charge in [-0.05, 0) is 26.3 Å². The molecule has 0 spiro atoms. The normalized spacial score (nSPS) is 10.8. The number of rotatable bonds is 5. The molecule has 0 saturated heterocycles. The van der Waals surface area contributed by atoms with E-state index in [4.69, 9.17) is 5.11 Å². The number of carbonyl (C=O) groups excluding carboxylic acids is 1. The number of hydrogen-bond acceptors (Lipinski definition) is 4. The van der Waals surface area contributed by atoms with Gasteiger partial charge in [-0.25, -0.2) is 4.98 Å². The molecule has 0 fully saturated rings. The van der Waals surface area contributed by atoms with Gasteiger partial charge in [0, 0.05) is 25.7 Å². The third-order valence-electron chi connectivity index (χ3n) is 3.19. The number of aromatic nitrogens is 3. The average molecular weight is 290 g/mol. The second kappa shape index (κ2) is 5.90. The van der Waals surface area contributed by atoms with Gasteiger partial charge in [0.25, 0.3) is 5.91 Å². The molecule has 7 nitrogen and oxygen atoms in total. The third-order valence-corrected chi connectivity index (χ3v) is 3.19. The lowest BCUT2D eigenvalue weighted by atomic mass is 10.1. The fourth-order valence-corrected chi connectivity index (χ4v) is 2.29. The molecule has 0 unspecified atom stereocenters. The highest BCUT2D eigenvalue weighted by Gasteiger charge is 2.17. The van der Waals surface area contributed by atoms with Gasteiger partial charge >= 0.3 is 5.97 Å². The lowest BCUT2D eigenvalue weighted by Gasteiger charge is -2.07. The zero-order chi connectivity index (χ0) is 15.6. The number of aliphatic carboxylic acids is 1. The third kappa shape index (κ3) is 3.18. The fraction of sp³-hybridized carbons (Fsp3) is 0.429. The largest absolute Gasteiger partial charge is 0.481 e. The predicted octanol–water partition coefficient (Wildman–Crippen LogP) is 1.18. The van der Waals surface area contributed by atoms with Crippen molar-refractivity contribution in [1.29, 1.82) is 0 Å². The van der Waals surface area contributed by atoms with E-state index in [9.17, 15) is 9.59 Å². The van der Waals surface area contributed by atoms with Crippen LogP contribution in [0, 0.1) is 13.8 Å². The number of nitrogens with zero attached hydrogens (tertiary/aromatic N) is 3. The van der Waals surface area contributed by atoms with Crippen molar-refractivity contribution in [3.8, 4) is 0 Å². The lowest BCUT2D eigenvalue weighted by molar-refractivity contribution is -0.137. The Bertz CT molecular complexity index is 706. The van der Waals surface area contributed by atoms with Crippen molar-refractivity contribution in [3.63, 3.8) is 0 Å². The van der Waals surface area contributed by atoms with Crippen molar-refractivity contribution in [3.05, 3.63) is 23.0 Å². The Kier molecular flexibility index (Phi) is 4.21. The van der Waals surface area contributed by atoms with Crippen LogP contribution in [-0.2, 0) is 11.8 Å². The lowest BCUT2D eigenvalue weighted by Crippen LogP contribution is -2.25. The molecule has 0 saturated carbocycles. The van der Waals surface area contributed by atoms with Gasteiger partial charge in [-0.1, -0.05) is 0 Å². The van der Waals surface area contributed by atoms with Crippen molar-refractivity contribution < 1.29 is 14.7 Å². The summed E-state index contributed by atoms with van der Waals surface area (Å²) >= 11 is 0. The summed E-state index contributed by atoms with van der Waals surface area (Å²) in [4.78, 5) is 27.1. The van der Waals surface area contributed by atoms with Crippen LogP contribution in [0.4, 0.5) is 0 Å². The van der Waals surface area contributed by atoms with Crippen LogP contribution in [0.25, 0.3) is 11.0 Å². The first kappa shape index (κ1) is 15.0. The molecule has 2 rings (SSSR count). The van der Waals surface area contributed by atoms with Crippen LogP contribution < -0.4 is 5.32 Å². The van der Waals surface area contributed by atoms with Gasteiger partial charge < -0.3 is 10.4 Å². The molecular weight excluding hydrogens is 272 g/mol. The average Bonchev–Trinajstić information content (AvgIpc) is 2.68. The number of amides is 1. The maximum atomic E-state index is 12.3. The summed E-state index contributed by atoms with van der Waals surface area (Å²) in [5, 5.41) is 16.3. The first-order valence-corrected chi connectivity index (χ1v) is 6.71. The molecule has 2 heterocycles. The Labute approximate surface area is 122 Å². The summed E-state index contributed by atoms with van der Waals surface area (Å²) in [5.74, 6) is -1.10. The van der Waals surface area contributed by atoms with Gasteiger partial charge in [0.15, 0.2) is 5.65 Å². The molecule has 0 atom stereocenters. The summed E-state index contributed by atoms with van der Waals surface area (Å²) in [7, 11) is 1.79. The van der Waals surface area contributed by atoms with Gasteiger partial charge in [0.2, 0.25) is 0 Å². The van der Waals surface area contributed by atoms with Crippen LogP contribution in [0.5, 0.6) is 0 Å². The van der Waals surface area contributed by atoms with Crippen molar-refractivity contribution in [2.75, 3.05) is 6.54 Å².